The molecular weight excluding hydrogens is 184 g/mol. The summed E-state index contributed by atoms with van der Waals surface area (Å²) in [6.45, 7) is 3.94. The van der Waals surface area contributed by atoms with E-state index in [0.717, 1.165) is 16.9 Å². The molecule has 13 heavy (non-hydrogen) atoms. The third kappa shape index (κ3) is 1.70. The first-order valence-electron chi connectivity index (χ1n) is 3.97. The van der Waals surface area contributed by atoms with Gasteiger partial charge in [0.05, 0.1) is 5.56 Å². The zero-order valence-electron chi connectivity index (χ0n) is 7.55. The molecule has 1 aromatic rings. The van der Waals surface area contributed by atoms with E-state index < -0.39 is 0 Å². The van der Waals surface area contributed by atoms with Crippen LogP contribution in [0.15, 0.2) is 0 Å². The summed E-state index contributed by atoms with van der Waals surface area (Å²) in [6, 6.07) is 2.09. The molecule has 0 aromatic carbocycles. The number of nitriles is 1. The second-order valence-corrected chi connectivity index (χ2v) is 3.69. The van der Waals surface area contributed by atoms with E-state index in [2.05, 4.69) is 11.4 Å². The summed E-state index contributed by atoms with van der Waals surface area (Å²) in [6.07, 6.45) is 1.50. The number of carbonyl (C=O) groups excluding carboxylic acids is 1. The largest absolute Gasteiger partial charge is 0.319 e. The molecule has 1 amide bonds. The molecule has 4 heteroatoms. The third-order valence-corrected chi connectivity index (χ3v) is 3.24. The number of hydrogen-bond acceptors (Lipinski definition) is 3. The van der Waals surface area contributed by atoms with Gasteiger partial charge in [0.1, 0.15) is 11.1 Å². The van der Waals surface area contributed by atoms with Gasteiger partial charge in [-0.1, -0.05) is 6.92 Å². The van der Waals surface area contributed by atoms with Crippen LogP contribution >= 0.6 is 11.3 Å². The zero-order valence-corrected chi connectivity index (χ0v) is 8.36. The second kappa shape index (κ2) is 4.06. The lowest BCUT2D eigenvalue weighted by Gasteiger charge is -1.92. The predicted molar refractivity (Wildman–Crippen MR) is 52.8 cm³/mol. The van der Waals surface area contributed by atoms with Crippen LogP contribution in [-0.4, -0.2) is 6.41 Å². The molecule has 0 aliphatic rings. The second-order valence-electron chi connectivity index (χ2n) is 2.58. The zero-order chi connectivity index (χ0) is 9.84. The SMILES string of the molecule is CCc1sc(NC=O)c(C#N)c1C. The predicted octanol–water partition coefficient (Wildman–Crippen LogP) is 2.06. The Bertz CT molecular complexity index is 362. The third-order valence-electron chi connectivity index (χ3n) is 1.87. The van der Waals surface area contributed by atoms with Crippen LogP contribution in [0, 0.1) is 18.3 Å². The lowest BCUT2D eigenvalue weighted by atomic mass is 10.1. The summed E-state index contributed by atoms with van der Waals surface area (Å²) in [5, 5.41) is 12.0. The van der Waals surface area contributed by atoms with Crippen LogP contribution in [0.3, 0.4) is 0 Å². The molecule has 0 unspecified atom stereocenters. The Morgan fingerprint density at radius 2 is 2.38 bits per heavy atom. The monoisotopic (exact) mass is 194 g/mol. The van der Waals surface area contributed by atoms with Gasteiger partial charge in [0.25, 0.3) is 0 Å². The Hall–Kier alpha value is -1.34. The van der Waals surface area contributed by atoms with Gasteiger partial charge in [-0.25, -0.2) is 0 Å². The maximum Gasteiger partial charge on any atom is 0.212 e. The molecule has 0 atom stereocenters. The van der Waals surface area contributed by atoms with E-state index in [1.807, 2.05) is 13.8 Å². The number of anilines is 1. The molecule has 0 bridgehead atoms. The summed E-state index contributed by atoms with van der Waals surface area (Å²) in [4.78, 5) is 11.4. The molecule has 3 nitrogen and oxygen atoms in total. The van der Waals surface area contributed by atoms with Crippen molar-refractivity contribution in [2.24, 2.45) is 0 Å². The number of thiophene rings is 1. The van der Waals surface area contributed by atoms with E-state index in [1.165, 1.54) is 11.3 Å². The number of nitrogens with one attached hydrogen (secondary N) is 1. The molecular formula is C9H10N2OS. The Balaban J connectivity index is 3.20. The van der Waals surface area contributed by atoms with Gasteiger partial charge in [0.2, 0.25) is 6.41 Å². The fourth-order valence-electron chi connectivity index (χ4n) is 1.19. The van der Waals surface area contributed by atoms with Crippen molar-refractivity contribution in [3.05, 3.63) is 16.0 Å². The first-order chi connectivity index (χ1) is 6.24. The Labute approximate surface area is 81.0 Å². The molecule has 0 saturated carbocycles. The Morgan fingerprint density at radius 3 is 2.85 bits per heavy atom. The van der Waals surface area contributed by atoms with Gasteiger partial charge in [0.15, 0.2) is 0 Å². The minimum absolute atomic E-state index is 0.592. The van der Waals surface area contributed by atoms with Crippen molar-refractivity contribution >= 4 is 22.7 Å². The van der Waals surface area contributed by atoms with Crippen molar-refractivity contribution in [3.8, 4) is 6.07 Å². The molecule has 1 heterocycles. The van der Waals surface area contributed by atoms with Crippen LogP contribution in [0.4, 0.5) is 5.00 Å². The quantitative estimate of drug-likeness (QED) is 0.749. The fourth-order valence-corrected chi connectivity index (χ4v) is 2.24. The summed E-state index contributed by atoms with van der Waals surface area (Å²) in [5.74, 6) is 0. The number of carbonyl (C=O) groups is 1. The minimum atomic E-state index is 0.592. The highest BCUT2D eigenvalue weighted by atomic mass is 32.1. The van der Waals surface area contributed by atoms with Crippen molar-refractivity contribution in [1.82, 2.24) is 0 Å². The van der Waals surface area contributed by atoms with Crippen molar-refractivity contribution in [2.75, 3.05) is 5.32 Å². The van der Waals surface area contributed by atoms with E-state index in [4.69, 9.17) is 5.26 Å². The number of hydrogen-bond donors (Lipinski definition) is 1. The Kier molecular flexibility index (Phi) is 3.04. The molecule has 0 saturated heterocycles. The lowest BCUT2D eigenvalue weighted by molar-refractivity contribution is -0.105. The van der Waals surface area contributed by atoms with E-state index >= 15 is 0 Å². The van der Waals surface area contributed by atoms with E-state index in [0.29, 0.717) is 17.0 Å². The van der Waals surface area contributed by atoms with Crippen molar-refractivity contribution in [2.45, 2.75) is 20.3 Å². The lowest BCUT2D eigenvalue weighted by Crippen LogP contribution is -1.92. The summed E-state index contributed by atoms with van der Waals surface area (Å²) in [5.41, 5.74) is 1.58. The first kappa shape index (κ1) is 9.75. The molecule has 1 N–H and O–H groups in total. The number of rotatable bonds is 3. The number of amides is 1. The molecule has 0 fully saturated rings. The topological polar surface area (TPSA) is 52.9 Å². The molecule has 68 valence electrons. The van der Waals surface area contributed by atoms with Crippen molar-refractivity contribution in [1.29, 1.82) is 5.26 Å². The summed E-state index contributed by atoms with van der Waals surface area (Å²) >= 11 is 1.47. The van der Waals surface area contributed by atoms with E-state index in [-0.39, 0.29) is 0 Å². The van der Waals surface area contributed by atoms with Gasteiger partial charge in [0, 0.05) is 4.88 Å². The molecule has 0 spiro atoms. The standard InChI is InChI=1S/C9H10N2OS/c1-3-8-6(2)7(4-10)9(13-8)11-5-12/h5H,3H2,1-2H3,(H,11,12). The molecule has 0 aliphatic carbocycles. The summed E-state index contributed by atoms with van der Waals surface area (Å²) < 4.78 is 0. The van der Waals surface area contributed by atoms with Gasteiger partial charge >= 0.3 is 0 Å². The van der Waals surface area contributed by atoms with Crippen molar-refractivity contribution < 1.29 is 4.79 Å². The molecule has 0 radical (unpaired) electrons. The highest BCUT2D eigenvalue weighted by Gasteiger charge is 2.12. The van der Waals surface area contributed by atoms with Gasteiger partial charge < -0.3 is 5.32 Å². The first-order valence-corrected chi connectivity index (χ1v) is 4.78. The van der Waals surface area contributed by atoms with Gasteiger partial charge in [-0.05, 0) is 18.9 Å². The average molecular weight is 194 g/mol. The fraction of sp³-hybridized carbons (Fsp3) is 0.333. The molecule has 0 aliphatic heterocycles. The van der Waals surface area contributed by atoms with Gasteiger partial charge in [-0.3, -0.25) is 4.79 Å². The van der Waals surface area contributed by atoms with Crippen LogP contribution in [0.2, 0.25) is 0 Å². The molecule has 1 aromatic heterocycles. The maximum absolute atomic E-state index is 10.2. The van der Waals surface area contributed by atoms with Crippen LogP contribution in [0.25, 0.3) is 0 Å². The highest BCUT2D eigenvalue weighted by molar-refractivity contribution is 7.16. The van der Waals surface area contributed by atoms with Crippen molar-refractivity contribution in [3.63, 3.8) is 0 Å². The molecule has 1 rings (SSSR count). The van der Waals surface area contributed by atoms with Crippen LogP contribution in [0.5, 0.6) is 0 Å². The van der Waals surface area contributed by atoms with Gasteiger partial charge in [-0.2, -0.15) is 5.26 Å². The minimum Gasteiger partial charge on any atom is -0.319 e. The van der Waals surface area contributed by atoms with Crippen LogP contribution in [0.1, 0.15) is 22.9 Å². The van der Waals surface area contributed by atoms with E-state index in [9.17, 15) is 4.79 Å². The highest BCUT2D eigenvalue weighted by Crippen LogP contribution is 2.32. The summed E-state index contributed by atoms with van der Waals surface area (Å²) in [7, 11) is 0. The number of nitrogens with zero attached hydrogens (tertiary/aromatic N) is 1. The van der Waals surface area contributed by atoms with Gasteiger partial charge in [-0.15, -0.1) is 11.3 Å². The Morgan fingerprint density at radius 1 is 1.69 bits per heavy atom. The normalized spacial score (nSPS) is 9.31. The van der Waals surface area contributed by atoms with Crippen LogP contribution in [-0.2, 0) is 11.2 Å². The smallest absolute Gasteiger partial charge is 0.212 e. The van der Waals surface area contributed by atoms with Crippen LogP contribution < -0.4 is 5.32 Å². The maximum atomic E-state index is 10.2. The number of aryl methyl sites for hydroxylation is 1. The van der Waals surface area contributed by atoms with E-state index in [1.54, 1.807) is 0 Å². The average Bonchev–Trinajstić information content (AvgIpc) is 2.43.